The second kappa shape index (κ2) is 17.1. The number of nitrogens with zero attached hydrogens (tertiary/aromatic N) is 1. The van der Waals surface area contributed by atoms with Crippen molar-refractivity contribution < 1.29 is 15.0 Å². The van der Waals surface area contributed by atoms with Crippen LogP contribution in [-0.4, -0.2) is 34.6 Å². The highest BCUT2D eigenvalue weighted by Gasteiger charge is 2.23. The Labute approximate surface area is 219 Å². The summed E-state index contributed by atoms with van der Waals surface area (Å²) in [5, 5.41) is 19.5. The minimum Gasteiger partial charge on any atom is -0.508 e. The molecular formula is C32H49NO3. The lowest BCUT2D eigenvalue weighted by Gasteiger charge is -2.28. The van der Waals surface area contributed by atoms with Crippen LogP contribution in [-0.2, 0) is 4.79 Å². The fourth-order valence-electron chi connectivity index (χ4n) is 5.21. The molecule has 1 amide bonds. The van der Waals surface area contributed by atoms with Crippen molar-refractivity contribution in [3.63, 3.8) is 0 Å². The molecule has 200 valence electrons. The first-order valence-corrected chi connectivity index (χ1v) is 14.3. The van der Waals surface area contributed by atoms with Crippen molar-refractivity contribution in [1.82, 2.24) is 4.90 Å². The van der Waals surface area contributed by atoms with Gasteiger partial charge in [0, 0.05) is 20.0 Å². The molecule has 2 rings (SSSR count). The minimum absolute atomic E-state index is 0.296. The van der Waals surface area contributed by atoms with Crippen LogP contribution in [0.1, 0.15) is 120 Å². The Morgan fingerprint density at radius 3 is 1.67 bits per heavy atom. The maximum Gasteiger partial charge on any atom is 0.222 e. The van der Waals surface area contributed by atoms with E-state index < -0.39 is 0 Å². The monoisotopic (exact) mass is 495 g/mol. The van der Waals surface area contributed by atoms with Gasteiger partial charge in [0.25, 0.3) is 0 Å². The molecule has 0 spiro atoms. The van der Waals surface area contributed by atoms with Crippen molar-refractivity contribution in [2.45, 2.75) is 109 Å². The largest absolute Gasteiger partial charge is 0.508 e. The van der Waals surface area contributed by atoms with Gasteiger partial charge in [0.15, 0.2) is 0 Å². The smallest absolute Gasteiger partial charge is 0.222 e. The molecule has 4 nitrogen and oxygen atoms in total. The summed E-state index contributed by atoms with van der Waals surface area (Å²) >= 11 is 0. The molecule has 0 saturated carbocycles. The second-order valence-corrected chi connectivity index (χ2v) is 10.3. The molecule has 2 atom stereocenters. The number of carbonyl (C=O) groups is 1. The third-order valence-electron chi connectivity index (χ3n) is 7.50. The molecule has 2 N–H and O–H groups in total. The van der Waals surface area contributed by atoms with Crippen LogP contribution in [0.25, 0.3) is 0 Å². The van der Waals surface area contributed by atoms with Crippen molar-refractivity contribution in [1.29, 1.82) is 0 Å². The molecule has 0 aromatic heterocycles. The van der Waals surface area contributed by atoms with E-state index in [2.05, 4.69) is 26.0 Å². The second-order valence-electron chi connectivity index (χ2n) is 10.3. The molecule has 4 heteroatoms. The highest BCUT2D eigenvalue weighted by atomic mass is 16.3. The van der Waals surface area contributed by atoms with Gasteiger partial charge in [0.05, 0.1) is 0 Å². The third-order valence-corrected chi connectivity index (χ3v) is 7.50. The molecule has 0 saturated heterocycles. The summed E-state index contributed by atoms with van der Waals surface area (Å²) in [4.78, 5) is 14.0. The van der Waals surface area contributed by atoms with E-state index in [9.17, 15) is 15.0 Å². The molecule has 0 radical (unpaired) electrons. The Hall–Kier alpha value is -2.49. The molecule has 2 unspecified atom stereocenters. The Bertz CT molecular complexity index is 847. The van der Waals surface area contributed by atoms with Gasteiger partial charge in [-0.2, -0.15) is 0 Å². The summed E-state index contributed by atoms with van der Waals surface area (Å²) in [6, 6.07) is 15.4. The van der Waals surface area contributed by atoms with Gasteiger partial charge in [0.1, 0.15) is 11.5 Å². The van der Waals surface area contributed by atoms with E-state index in [0.29, 0.717) is 35.7 Å². The van der Waals surface area contributed by atoms with E-state index in [-0.39, 0.29) is 0 Å². The summed E-state index contributed by atoms with van der Waals surface area (Å²) in [5.74, 6) is 1.69. The fourth-order valence-corrected chi connectivity index (χ4v) is 5.21. The number of unbranched alkanes of at least 4 members (excludes halogenated alkanes) is 8. The first-order valence-electron chi connectivity index (χ1n) is 14.3. The van der Waals surface area contributed by atoms with E-state index in [0.717, 1.165) is 45.1 Å². The van der Waals surface area contributed by atoms with E-state index in [1.165, 1.54) is 49.7 Å². The zero-order valence-corrected chi connectivity index (χ0v) is 22.9. The van der Waals surface area contributed by atoms with Gasteiger partial charge in [-0.05, 0) is 72.9 Å². The number of amides is 1. The molecule has 0 bridgehead atoms. The van der Waals surface area contributed by atoms with Crippen LogP contribution in [0.3, 0.4) is 0 Å². The summed E-state index contributed by atoms with van der Waals surface area (Å²) in [5.41, 5.74) is 2.55. The van der Waals surface area contributed by atoms with Crippen molar-refractivity contribution in [2.75, 3.05) is 13.6 Å². The van der Waals surface area contributed by atoms with Gasteiger partial charge in [-0.25, -0.2) is 0 Å². The van der Waals surface area contributed by atoms with E-state index in [4.69, 9.17) is 0 Å². The minimum atomic E-state index is 0.296. The topological polar surface area (TPSA) is 60.8 Å². The highest BCUT2D eigenvalue weighted by Crippen LogP contribution is 2.40. The molecule has 2 aromatic carbocycles. The number of rotatable bonds is 18. The Kier molecular flexibility index (Phi) is 14.1. The van der Waals surface area contributed by atoms with Crippen molar-refractivity contribution in [3.8, 4) is 11.5 Å². The molecule has 0 aliphatic heterocycles. The van der Waals surface area contributed by atoms with E-state index in [1.807, 2.05) is 24.1 Å². The molecule has 2 aromatic rings. The van der Waals surface area contributed by atoms with Gasteiger partial charge in [-0.15, -0.1) is 0 Å². The summed E-state index contributed by atoms with van der Waals surface area (Å²) in [6.07, 6.45) is 14.7. The van der Waals surface area contributed by atoms with Gasteiger partial charge in [-0.1, -0.05) is 89.5 Å². The maximum absolute atomic E-state index is 12.1. The number of benzene rings is 2. The quantitative estimate of drug-likeness (QED) is 0.204. The zero-order chi connectivity index (χ0) is 26.2. The van der Waals surface area contributed by atoms with Crippen LogP contribution < -0.4 is 0 Å². The molecule has 0 aliphatic carbocycles. The fraction of sp³-hybridized carbons (Fsp3) is 0.594. The Morgan fingerprint density at radius 1 is 0.694 bits per heavy atom. The van der Waals surface area contributed by atoms with Crippen LogP contribution in [0.2, 0.25) is 0 Å². The standard InChI is InChI=1S/C32H49NO3/c1-4-6-25-33(3)32(36)16-14-12-10-8-7-9-11-13-15-31(27-19-23-29(35)24-20-27)30(5-2)26-17-21-28(34)22-18-26/h17-24,30-31,34-35H,4-16,25H2,1-3H3. The van der Waals surface area contributed by atoms with Gasteiger partial charge >= 0.3 is 0 Å². The Morgan fingerprint density at radius 2 is 1.17 bits per heavy atom. The predicted molar refractivity (Wildman–Crippen MR) is 151 cm³/mol. The maximum atomic E-state index is 12.1. The van der Waals surface area contributed by atoms with Crippen molar-refractivity contribution in [3.05, 3.63) is 59.7 Å². The Balaban J connectivity index is 1.72. The molecule has 36 heavy (non-hydrogen) atoms. The van der Waals surface area contributed by atoms with Crippen LogP contribution >= 0.6 is 0 Å². The lowest BCUT2D eigenvalue weighted by atomic mass is 9.77. The van der Waals surface area contributed by atoms with Crippen molar-refractivity contribution in [2.24, 2.45) is 0 Å². The summed E-state index contributed by atoms with van der Waals surface area (Å²) in [6.45, 7) is 5.28. The number of carbonyl (C=O) groups excluding carboxylic acids is 1. The van der Waals surface area contributed by atoms with Crippen molar-refractivity contribution >= 4 is 5.91 Å². The number of aromatic hydroxyl groups is 2. The van der Waals surface area contributed by atoms with E-state index in [1.54, 1.807) is 24.3 Å². The lowest BCUT2D eigenvalue weighted by Crippen LogP contribution is -2.27. The predicted octanol–water partition coefficient (Wildman–Crippen LogP) is 8.53. The van der Waals surface area contributed by atoms with Gasteiger partial charge < -0.3 is 15.1 Å². The van der Waals surface area contributed by atoms with Crippen LogP contribution in [0.5, 0.6) is 11.5 Å². The molecule has 0 aliphatic rings. The SMILES string of the molecule is CCCCN(C)C(=O)CCCCCCCCCCC(c1ccc(O)cc1)C(CC)c1ccc(O)cc1. The number of phenolic OH excluding ortho intramolecular Hbond substituents is 2. The third kappa shape index (κ3) is 10.6. The lowest BCUT2D eigenvalue weighted by molar-refractivity contribution is -0.130. The highest BCUT2D eigenvalue weighted by molar-refractivity contribution is 5.75. The molecule has 0 heterocycles. The number of hydrogen-bond acceptors (Lipinski definition) is 3. The van der Waals surface area contributed by atoms with Crippen LogP contribution in [0.4, 0.5) is 0 Å². The summed E-state index contributed by atoms with van der Waals surface area (Å²) in [7, 11) is 1.93. The normalized spacial score (nSPS) is 12.9. The summed E-state index contributed by atoms with van der Waals surface area (Å²) < 4.78 is 0. The first kappa shape index (κ1) is 29.7. The zero-order valence-electron chi connectivity index (χ0n) is 22.9. The average molecular weight is 496 g/mol. The number of phenols is 2. The number of hydrogen-bond donors (Lipinski definition) is 2. The van der Waals surface area contributed by atoms with E-state index >= 15 is 0 Å². The first-order chi connectivity index (χ1) is 17.5. The average Bonchev–Trinajstić information content (AvgIpc) is 2.89. The van der Waals surface area contributed by atoms with Crippen LogP contribution in [0, 0.1) is 0 Å². The van der Waals surface area contributed by atoms with Gasteiger partial charge in [0.2, 0.25) is 5.91 Å². The molecule has 0 fully saturated rings. The molecular weight excluding hydrogens is 446 g/mol. The van der Waals surface area contributed by atoms with Crippen LogP contribution in [0.15, 0.2) is 48.5 Å². The van der Waals surface area contributed by atoms with Gasteiger partial charge in [-0.3, -0.25) is 4.79 Å².